The van der Waals surface area contributed by atoms with E-state index in [4.69, 9.17) is 16.0 Å². The highest BCUT2D eigenvalue weighted by atomic mass is 35.5. The van der Waals surface area contributed by atoms with E-state index in [0.29, 0.717) is 0 Å². The highest BCUT2D eigenvalue weighted by molar-refractivity contribution is 6.30. The van der Waals surface area contributed by atoms with E-state index in [1.165, 1.54) is 0 Å². The molecular formula is C12H12ClNO. The summed E-state index contributed by atoms with van der Waals surface area (Å²) in [6.07, 6.45) is 1.67. The molecule has 0 saturated carbocycles. The Kier molecular flexibility index (Phi) is 3.09. The average Bonchev–Trinajstić information content (AvgIpc) is 2.72. The molecule has 78 valence electrons. The Hall–Kier alpha value is -1.25. The zero-order chi connectivity index (χ0) is 10.7. The van der Waals surface area contributed by atoms with Gasteiger partial charge in [-0.1, -0.05) is 23.7 Å². The maximum Gasteiger partial charge on any atom is 0.125 e. The van der Waals surface area contributed by atoms with Gasteiger partial charge >= 0.3 is 0 Å². The minimum Gasteiger partial charge on any atom is -0.467 e. The van der Waals surface area contributed by atoms with Crippen LogP contribution in [0.25, 0.3) is 0 Å². The molecule has 1 aromatic heterocycles. The maximum atomic E-state index is 5.95. The first-order chi connectivity index (χ1) is 7.31. The van der Waals surface area contributed by atoms with Crippen LogP contribution >= 0.6 is 11.6 Å². The smallest absolute Gasteiger partial charge is 0.125 e. The third-order valence-corrected chi connectivity index (χ3v) is 2.53. The standard InChI is InChI=1S/C12H12ClNO/c1-14-12(11-6-3-7-15-11)9-4-2-5-10(13)8-9/h2-8,12,14H,1H3. The molecule has 0 aliphatic heterocycles. The van der Waals surface area contributed by atoms with Gasteiger partial charge in [-0.25, -0.2) is 0 Å². The summed E-state index contributed by atoms with van der Waals surface area (Å²) in [7, 11) is 1.90. The van der Waals surface area contributed by atoms with Crippen molar-refractivity contribution < 1.29 is 4.42 Å². The predicted octanol–water partition coefficient (Wildman–Crippen LogP) is 3.24. The molecular weight excluding hydrogens is 210 g/mol. The van der Waals surface area contributed by atoms with Crippen LogP contribution in [0.5, 0.6) is 0 Å². The lowest BCUT2D eigenvalue weighted by molar-refractivity contribution is 0.463. The van der Waals surface area contributed by atoms with Crippen molar-refractivity contribution in [2.75, 3.05) is 7.05 Å². The van der Waals surface area contributed by atoms with Gasteiger partial charge in [-0.15, -0.1) is 0 Å². The average molecular weight is 222 g/mol. The molecule has 0 aliphatic carbocycles. The summed E-state index contributed by atoms with van der Waals surface area (Å²) in [5, 5.41) is 3.93. The maximum absolute atomic E-state index is 5.95. The first kappa shape index (κ1) is 10.3. The third-order valence-electron chi connectivity index (χ3n) is 2.30. The van der Waals surface area contributed by atoms with Crippen molar-refractivity contribution in [2.24, 2.45) is 0 Å². The van der Waals surface area contributed by atoms with Gasteiger partial charge in [0.25, 0.3) is 0 Å². The van der Waals surface area contributed by atoms with E-state index < -0.39 is 0 Å². The fourth-order valence-corrected chi connectivity index (χ4v) is 1.81. The van der Waals surface area contributed by atoms with E-state index in [-0.39, 0.29) is 6.04 Å². The number of hydrogen-bond acceptors (Lipinski definition) is 2. The van der Waals surface area contributed by atoms with Crippen LogP contribution in [0.15, 0.2) is 47.1 Å². The highest BCUT2D eigenvalue weighted by Crippen LogP contribution is 2.24. The molecule has 0 radical (unpaired) electrons. The van der Waals surface area contributed by atoms with Crippen LogP contribution in [-0.4, -0.2) is 7.05 Å². The van der Waals surface area contributed by atoms with Gasteiger partial charge in [0, 0.05) is 5.02 Å². The molecule has 1 unspecified atom stereocenters. The van der Waals surface area contributed by atoms with Crippen LogP contribution in [0.4, 0.5) is 0 Å². The Balaban J connectivity index is 2.35. The van der Waals surface area contributed by atoms with E-state index in [1.807, 2.05) is 43.4 Å². The van der Waals surface area contributed by atoms with Crippen LogP contribution in [0.3, 0.4) is 0 Å². The lowest BCUT2D eigenvalue weighted by Crippen LogP contribution is -2.16. The summed E-state index contributed by atoms with van der Waals surface area (Å²) in [5.41, 5.74) is 1.10. The van der Waals surface area contributed by atoms with E-state index >= 15 is 0 Å². The van der Waals surface area contributed by atoms with E-state index in [1.54, 1.807) is 6.26 Å². The highest BCUT2D eigenvalue weighted by Gasteiger charge is 2.14. The summed E-state index contributed by atoms with van der Waals surface area (Å²) < 4.78 is 5.38. The van der Waals surface area contributed by atoms with Crippen molar-refractivity contribution in [3.8, 4) is 0 Å². The summed E-state index contributed by atoms with van der Waals surface area (Å²) in [5.74, 6) is 0.889. The number of furan rings is 1. The van der Waals surface area contributed by atoms with Crippen molar-refractivity contribution in [2.45, 2.75) is 6.04 Å². The number of nitrogens with one attached hydrogen (secondary N) is 1. The molecule has 2 rings (SSSR count). The van der Waals surface area contributed by atoms with Crippen molar-refractivity contribution in [3.05, 3.63) is 59.0 Å². The number of rotatable bonds is 3. The first-order valence-corrected chi connectivity index (χ1v) is 5.15. The van der Waals surface area contributed by atoms with Gasteiger partial charge in [-0.2, -0.15) is 0 Å². The molecule has 2 nitrogen and oxygen atoms in total. The summed E-state index contributed by atoms with van der Waals surface area (Å²) >= 11 is 5.95. The second-order valence-corrected chi connectivity index (χ2v) is 3.73. The molecule has 0 aliphatic rings. The third kappa shape index (κ3) is 2.22. The Bertz CT molecular complexity index is 425. The Morgan fingerprint density at radius 2 is 2.13 bits per heavy atom. The largest absolute Gasteiger partial charge is 0.467 e. The SMILES string of the molecule is CNC(c1cccc(Cl)c1)c1ccco1. The fraction of sp³-hybridized carbons (Fsp3) is 0.167. The Labute approximate surface area is 93.9 Å². The molecule has 2 aromatic rings. The molecule has 0 amide bonds. The van der Waals surface area contributed by atoms with Gasteiger partial charge in [0.05, 0.1) is 12.3 Å². The van der Waals surface area contributed by atoms with E-state index in [9.17, 15) is 0 Å². The molecule has 0 spiro atoms. The Morgan fingerprint density at radius 1 is 1.27 bits per heavy atom. The van der Waals surface area contributed by atoms with Gasteiger partial charge < -0.3 is 9.73 Å². The zero-order valence-electron chi connectivity index (χ0n) is 8.41. The van der Waals surface area contributed by atoms with Gasteiger partial charge in [0.1, 0.15) is 5.76 Å². The molecule has 1 atom stereocenters. The van der Waals surface area contributed by atoms with E-state index in [0.717, 1.165) is 16.3 Å². The molecule has 15 heavy (non-hydrogen) atoms. The minimum absolute atomic E-state index is 0.0544. The second kappa shape index (κ2) is 4.51. The van der Waals surface area contributed by atoms with Crippen molar-refractivity contribution in [1.29, 1.82) is 0 Å². The molecule has 0 bridgehead atoms. The molecule has 0 fully saturated rings. The zero-order valence-corrected chi connectivity index (χ0v) is 9.16. The predicted molar refractivity (Wildman–Crippen MR) is 61.1 cm³/mol. The number of hydrogen-bond donors (Lipinski definition) is 1. The molecule has 3 heteroatoms. The lowest BCUT2D eigenvalue weighted by atomic mass is 10.1. The monoisotopic (exact) mass is 221 g/mol. The second-order valence-electron chi connectivity index (χ2n) is 3.29. The summed E-state index contributed by atoms with van der Waals surface area (Å²) in [6, 6.07) is 11.6. The van der Waals surface area contributed by atoms with Crippen LogP contribution in [0.1, 0.15) is 17.4 Å². The molecule has 1 heterocycles. The quantitative estimate of drug-likeness (QED) is 0.861. The van der Waals surface area contributed by atoms with Crippen LogP contribution < -0.4 is 5.32 Å². The Morgan fingerprint density at radius 3 is 2.73 bits per heavy atom. The molecule has 1 aromatic carbocycles. The van der Waals surface area contributed by atoms with E-state index in [2.05, 4.69) is 5.32 Å². The number of benzene rings is 1. The van der Waals surface area contributed by atoms with Crippen molar-refractivity contribution >= 4 is 11.6 Å². The summed E-state index contributed by atoms with van der Waals surface area (Å²) in [4.78, 5) is 0. The van der Waals surface area contributed by atoms with Crippen LogP contribution in [0.2, 0.25) is 5.02 Å². The summed E-state index contributed by atoms with van der Waals surface area (Å²) in [6.45, 7) is 0. The number of halogens is 1. The molecule has 0 saturated heterocycles. The normalized spacial score (nSPS) is 12.7. The van der Waals surface area contributed by atoms with Crippen LogP contribution in [-0.2, 0) is 0 Å². The van der Waals surface area contributed by atoms with Gasteiger partial charge in [-0.05, 0) is 36.9 Å². The van der Waals surface area contributed by atoms with Gasteiger partial charge in [0.2, 0.25) is 0 Å². The minimum atomic E-state index is 0.0544. The topological polar surface area (TPSA) is 25.2 Å². The van der Waals surface area contributed by atoms with Gasteiger partial charge in [0.15, 0.2) is 0 Å². The van der Waals surface area contributed by atoms with Crippen molar-refractivity contribution in [1.82, 2.24) is 5.32 Å². The molecule has 1 N–H and O–H groups in total. The fourth-order valence-electron chi connectivity index (χ4n) is 1.61. The lowest BCUT2D eigenvalue weighted by Gasteiger charge is -2.14. The first-order valence-electron chi connectivity index (χ1n) is 4.77. The van der Waals surface area contributed by atoms with Gasteiger partial charge in [-0.3, -0.25) is 0 Å². The van der Waals surface area contributed by atoms with Crippen LogP contribution in [0, 0.1) is 0 Å². The van der Waals surface area contributed by atoms with Crippen molar-refractivity contribution in [3.63, 3.8) is 0 Å².